The Morgan fingerprint density at radius 3 is 2.44 bits per heavy atom. The smallest absolute Gasteiger partial charge is 0.407 e. The third-order valence-electron chi connectivity index (χ3n) is 8.87. The number of hydrogen-bond donors (Lipinski definition) is 2. The van der Waals surface area contributed by atoms with Crippen molar-refractivity contribution < 1.29 is 9.90 Å². The van der Waals surface area contributed by atoms with Crippen LogP contribution in [-0.4, -0.2) is 54.2 Å². The zero-order valence-corrected chi connectivity index (χ0v) is 23.6. The Labute approximate surface area is 239 Å². The number of imidazole rings is 1. The fraction of sp³-hybridized carbons (Fsp3) is 0.333. The van der Waals surface area contributed by atoms with E-state index < -0.39 is 6.09 Å². The molecule has 1 aliphatic heterocycles. The molecule has 3 heterocycles. The lowest BCUT2D eigenvalue weighted by Crippen LogP contribution is -2.53. The molecule has 0 aliphatic carbocycles. The van der Waals surface area contributed by atoms with Crippen LogP contribution >= 0.6 is 0 Å². The quantitative estimate of drug-likeness (QED) is 0.254. The number of amides is 1. The van der Waals surface area contributed by atoms with Gasteiger partial charge in [0.15, 0.2) is 0 Å². The molecule has 3 unspecified atom stereocenters. The molecule has 2 N–H and O–H groups in total. The van der Waals surface area contributed by atoms with Crippen LogP contribution in [-0.2, 0) is 20.1 Å². The van der Waals surface area contributed by atoms with Crippen LogP contribution in [0.15, 0.2) is 89.7 Å². The maximum atomic E-state index is 13.4. The summed E-state index contributed by atoms with van der Waals surface area (Å²) >= 11 is 0. The van der Waals surface area contributed by atoms with Crippen molar-refractivity contribution in [1.82, 2.24) is 23.9 Å². The van der Waals surface area contributed by atoms with E-state index in [1.165, 1.54) is 27.1 Å². The van der Waals surface area contributed by atoms with Crippen LogP contribution in [0.4, 0.5) is 4.79 Å². The van der Waals surface area contributed by atoms with Gasteiger partial charge in [-0.25, -0.2) is 9.59 Å². The summed E-state index contributed by atoms with van der Waals surface area (Å²) in [7, 11) is 2.11. The average molecular weight is 552 g/mol. The number of rotatable bonds is 8. The number of carbonyl (C=O) groups is 1. The summed E-state index contributed by atoms with van der Waals surface area (Å²) in [6.45, 7) is 4.39. The summed E-state index contributed by atoms with van der Waals surface area (Å²) in [5.41, 5.74) is 5.14. The van der Waals surface area contributed by atoms with Crippen LogP contribution in [0, 0.1) is 5.92 Å². The number of piperidine rings is 1. The Kier molecular flexibility index (Phi) is 7.41. The van der Waals surface area contributed by atoms with E-state index >= 15 is 0 Å². The van der Waals surface area contributed by atoms with Gasteiger partial charge in [0, 0.05) is 62.4 Å². The first-order valence-electron chi connectivity index (χ1n) is 14.4. The summed E-state index contributed by atoms with van der Waals surface area (Å²) in [5, 5.41) is 11.2. The number of nitrogens with one attached hydrogen (secondary N) is 1. The molecular weight excluding hydrogens is 514 g/mol. The summed E-state index contributed by atoms with van der Waals surface area (Å²) < 4.78 is 4.14. The second kappa shape index (κ2) is 11.3. The molecule has 1 fully saturated rings. The molecule has 0 saturated carbocycles. The summed E-state index contributed by atoms with van der Waals surface area (Å²) in [5.74, 6) is -0.0832. The number of para-hydroxylation sites is 3. The predicted octanol–water partition coefficient (Wildman–Crippen LogP) is 5.84. The molecule has 212 valence electrons. The van der Waals surface area contributed by atoms with Gasteiger partial charge >= 0.3 is 11.8 Å². The predicted molar refractivity (Wildman–Crippen MR) is 162 cm³/mol. The Morgan fingerprint density at radius 2 is 1.71 bits per heavy atom. The minimum Gasteiger partial charge on any atom is -0.465 e. The van der Waals surface area contributed by atoms with Crippen LogP contribution in [0.25, 0.3) is 21.9 Å². The second-order valence-electron chi connectivity index (χ2n) is 11.2. The lowest BCUT2D eigenvalue weighted by atomic mass is 9.83. The van der Waals surface area contributed by atoms with Crippen molar-refractivity contribution in [3.05, 3.63) is 107 Å². The van der Waals surface area contributed by atoms with E-state index in [4.69, 9.17) is 0 Å². The molecule has 0 spiro atoms. The Bertz CT molecular complexity index is 1720. The van der Waals surface area contributed by atoms with Gasteiger partial charge in [-0.3, -0.25) is 9.47 Å². The molecule has 3 atom stereocenters. The van der Waals surface area contributed by atoms with Gasteiger partial charge in [-0.05, 0) is 48.1 Å². The number of hydrogen-bond acceptors (Lipinski definition) is 3. The van der Waals surface area contributed by atoms with Crippen molar-refractivity contribution in [2.24, 2.45) is 13.0 Å². The molecular formula is C33H37N5O3. The molecule has 8 heteroatoms. The number of aryl methyl sites for hydroxylation is 1. The third-order valence-corrected chi connectivity index (χ3v) is 8.87. The maximum Gasteiger partial charge on any atom is 0.407 e. The summed E-state index contributed by atoms with van der Waals surface area (Å²) in [4.78, 5) is 32.6. The Balaban J connectivity index is 1.44. The van der Waals surface area contributed by atoms with Crippen molar-refractivity contribution >= 4 is 28.0 Å². The molecule has 1 amide bonds. The average Bonchev–Trinajstić information content (AvgIpc) is 3.49. The molecule has 1 saturated heterocycles. The molecule has 8 nitrogen and oxygen atoms in total. The Hall–Kier alpha value is -4.30. The first-order chi connectivity index (χ1) is 19.9. The maximum absolute atomic E-state index is 13.4. The van der Waals surface area contributed by atoms with Gasteiger partial charge in [0.1, 0.15) is 0 Å². The molecule has 5 aromatic rings. The van der Waals surface area contributed by atoms with E-state index in [1.807, 2.05) is 34.9 Å². The van der Waals surface area contributed by atoms with Crippen molar-refractivity contribution in [2.45, 2.75) is 44.9 Å². The van der Waals surface area contributed by atoms with E-state index in [0.717, 1.165) is 24.0 Å². The lowest BCUT2D eigenvalue weighted by Gasteiger charge is -2.45. The van der Waals surface area contributed by atoms with Crippen LogP contribution in [0.1, 0.15) is 37.1 Å². The number of fused-ring (bicyclic) bond motifs is 2. The van der Waals surface area contributed by atoms with Gasteiger partial charge in [0.2, 0.25) is 0 Å². The van der Waals surface area contributed by atoms with Gasteiger partial charge in [-0.15, -0.1) is 0 Å². The highest BCUT2D eigenvalue weighted by molar-refractivity contribution is 5.81. The van der Waals surface area contributed by atoms with Gasteiger partial charge < -0.3 is 19.6 Å². The normalized spacial score (nSPS) is 18.4. The van der Waals surface area contributed by atoms with E-state index in [2.05, 4.69) is 83.0 Å². The number of benzene rings is 3. The number of carboxylic acid groups (broad SMARTS) is 1. The van der Waals surface area contributed by atoms with Gasteiger partial charge in [-0.1, -0.05) is 67.6 Å². The van der Waals surface area contributed by atoms with E-state index in [1.54, 1.807) is 0 Å². The van der Waals surface area contributed by atoms with E-state index in [9.17, 15) is 14.7 Å². The molecule has 41 heavy (non-hydrogen) atoms. The SMILES string of the molecule is CCC(C1CN(C(=O)O)CCC1n1c(=O)[nH]c2ccccc21)N(Cc1ccccc1)Cc1cc2ccccc2n1C. The molecule has 6 rings (SSSR count). The number of aromatic nitrogens is 3. The van der Waals surface area contributed by atoms with Crippen LogP contribution < -0.4 is 5.69 Å². The van der Waals surface area contributed by atoms with E-state index in [-0.39, 0.29) is 23.7 Å². The summed E-state index contributed by atoms with van der Waals surface area (Å²) in [6, 6.07) is 28.8. The van der Waals surface area contributed by atoms with Gasteiger partial charge in [-0.2, -0.15) is 0 Å². The second-order valence-corrected chi connectivity index (χ2v) is 11.2. The van der Waals surface area contributed by atoms with Gasteiger partial charge in [0.05, 0.1) is 11.0 Å². The first-order valence-corrected chi connectivity index (χ1v) is 14.4. The lowest BCUT2D eigenvalue weighted by molar-refractivity contribution is 0.0333. The number of aromatic amines is 1. The number of nitrogens with zero attached hydrogens (tertiary/aromatic N) is 4. The zero-order valence-electron chi connectivity index (χ0n) is 23.6. The highest BCUT2D eigenvalue weighted by atomic mass is 16.4. The monoisotopic (exact) mass is 551 g/mol. The molecule has 1 aliphatic rings. The number of H-pyrrole nitrogens is 1. The van der Waals surface area contributed by atoms with Crippen LogP contribution in [0.2, 0.25) is 0 Å². The fourth-order valence-electron chi connectivity index (χ4n) is 6.89. The third kappa shape index (κ3) is 5.15. The molecule has 0 bridgehead atoms. The minimum atomic E-state index is -0.905. The molecule has 3 aromatic carbocycles. The van der Waals surface area contributed by atoms with E-state index in [0.29, 0.717) is 26.1 Å². The largest absolute Gasteiger partial charge is 0.465 e. The van der Waals surface area contributed by atoms with Crippen molar-refractivity contribution in [2.75, 3.05) is 13.1 Å². The van der Waals surface area contributed by atoms with Crippen molar-refractivity contribution in [1.29, 1.82) is 0 Å². The standard InChI is InChI=1S/C33H37N5O3/c1-3-28(26-22-36(33(40)41)18-17-30(26)38-31-16-10-8-14-27(31)34-32(38)39)37(20-23-11-5-4-6-12-23)21-25-19-24-13-7-9-15-29(24)35(25)2/h4-16,19,26,28,30H,3,17-18,20-22H2,1-2H3,(H,34,39)(H,40,41). The molecule has 0 radical (unpaired) electrons. The first kappa shape index (κ1) is 26.9. The summed E-state index contributed by atoms with van der Waals surface area (Å²) in [6.07, 6.45) is 0.503. The minimum absolute atomic E-state index is 0.0286. The fourth-order valence-corrected chi connectivity index (χ4v) is 6.89. The zero-order chi connectivity index (χ0) is 28.5. The van der Waals surface area contributed by atoms with Crippen LogP contribution in [0.3, 0.4) is 0 Å². The Morgan fingerprint density at radius 1 is 1.00 bits per heavy atom. The van der Waals surface area contributed by atoms with Crippen molar-refractivity contribution in [3.63, 3.8) is 0 Å². The van der Waals surface area contributed by atoms with Crippen molar-refractivity contribution in [3.8, 4) is 0 Å². The molecule has 2 aromatic heterocycles. The topological polar surface area (TPSA) is 86.5 Å². The van der Waals surface area contributed by atoms with Gasteiger partial charge in [0.25, 0.3) is 0 Å². The van der Waals surface area contributed by atoms with Crippen LogP contribution in [0.5, 0.6) is 0 Å². The highest BCUT2D eigenvalue weighted by Gasteiger charge is 2.40. The highest BCUT2D eigenvalue weighted by Crippen LogP contribution is 2.36. The number of likely N-dealkylation sites (tertiary alicyclic amines) is 1.